The third-order valence-corrected chi connectivity index (χ3v) is 4.98. The van der Waals surface area contributed by atoms with Crippen LogP contribution in [0.3, 0.4) is 0 Å². The van der Waals surface area contributed by atoms with Crippen molar-refractivity contribution in [3.05, 3.63) is 46.4 Å². The smallest absolute Gasteiger partial charge is 0.124 e. The third kappa shape index (κ3) is 1.95. The minimum Gasteiger partial charge on any atom is -0.384 e. The summed E-state index contributed by atoms with van der Waals surface area (Å²) in [6.45, 7) is 1.05. The molecule has 1 N–H and O–H groups in total. The Kier molecular flexibility index (Phi) is 2.60. The minimum atomic E-state index is 1.05. The molecule has 0 spiro atoms. The summed E-state index contributed by atoms with van der Waals surface area (Å²) in [6, 6.07) is 12.8. The molecule has 3 aromatic rings. The number of rotatable bonds is 1. The summed E-state index contributed by atoms with van der Waals surface area (Å²) in [7, 11) is 0. The molecule has 0 amide bonds. The number of nitrogens with one attached hydrogen (secondary N) is 1. The maximum Gasteiger partial charge on any atom is 0.124 e. The van der Waals surface area contributed by atoms with Crippen LogP contribution >= 0.6 is 27.3 Å². The van der Waals surface area contributed by atoms with Crippen molar-refractivity contribution < 1.29 is 0 Å². The molecule has 0 fully saturated rings. The number of nitrogens with zero attached hydrogens (tertiary/aromatic N) is 1. The Morgan fingerprint density at radius 3 is 3.05 bits per heavy atom. The van der Waals surface area contributed by atoms with Crippen LogP contribution in [0.25, 0.3) is 20.8 Å². The number of hydrogen-bond acceptors (Lipinski definition) is 3. The van der Waals surface area contributed by atoms with Crippen molar-refractivity contribution in [2.75, 3.05) is 11.9 Å². The maximum absolute atomic E-state index is 4.72. The van der Waals surface area contributed by atoms with Gasteiger partial charge in [-0.3, -0.25) is 0 Å². The van der Waals surface area contributed by atoms with E-state index in [9.17, 15) is 0 Å². The van der Waals surface area contributed by atoms with Gasteiger partial charge in [0.2, 0.25) is 0 Å². The topological polar surface area (TPSA) is 24.9 Å². The van der Waals surface area contributed by atoms with Crippen LogP contribution in [0.5, 0.6) is 0 Å². The number of hydrogen-bond donors (Lipinski definition) is 1. The molecule has 2 heterocycles. The summed E-state index contributed by atoms with van der Waals surface area (Å²) in [5.74, 6) is 0. The van der Waals surface area contributed by atoms with Gasteiger partial charge in [0.1, 0.15) is 5.01 Å². The molecule has 0 unspecified atom stereocenters. The summed E-state index contributed by atoms with van der Waals surface area (Å²) < 4.78 is 2.32. The predicted molar refractivity (Wildman–Crippen MR) is 84.9 cm³/mol. The van der Waals surface area contributed by atoms with Crippen LogP contribution in [0.1, 0.15) is 5.56 Å². The molecule has 1 aromatic heterocycles. The van der Waals surface area contributed by atoms with Gasteiger partial charge in [-0.25, -0.2) is 4.98 Å². The van der Waals surface area contributed by atoms with Gasteiger partial charge in [-0.2, -0.15) is 0 Å². The van der Waals surface area contributed by atoms with Gasteiger partial charge >= 0.3 is 0 Å². The molecule has 19 heavy (non-hydrogen) atoms. The Morgan fingerprint density at radius 1 is 1.16 bits per heavy atom. The number of anilines is 1. The second-order valence-electron chi connectivity index (χ2n) is 4.68. The van der Waals surface area contributed by atoms with Crippen molar-refractivity contribution in [2.24, 2.45) is 0 Å². The standard InChI is InChI=1S/C15H11BrN2S/c16-11-3-4-12-14(8-11)19-15(18-12)10-2-1-9-5-6-17-13(9)7-10/h1-4,7-8,17H,5-6H2. The van der Waals surface area contributed by atoms with Crippen molar-refractivity contribution in [3.8, 4) is 10.6 Å². The van der Waals surface area contributed by atoms with Gasteiger partial charge in [0, 0.05) is 22.3 Å². The summed E-state index contributed by atoms with van der Waals surface area (Å²) in [6.07, 6.45) is 1.13. The Bertz CT molecular complexity index is 779. The molecule has 4 rings (SSSR count). The van der Waals surface area contributed by atoms with Crippen LogP contribution in [0.15, 0.2) is 40.9 Å². The zero-order valence-corrected chi connectivity index (χ0v) is 12.5. The normalized spacial score (nSPS) is 13.5. The predicted octanol–water partition coefficient (Wildman–Crippen LogP) is 4.69. The summed E-state index contributed by atoms with van der Waals surface area (Å²) >= 11 is 5.25. The van der Waals surface area contributed by atoms with Gasteiger partial charge in [0.25, 0.3) is 0 Å². The van der Waals surface area contributed by atoms with Gasteiger partial charge in [0.05, 0.1) is 10.2 Å². The lowest BCUT2D eigenvalue weighted by Gasteiger charge is -2.01. The highest BCUT2D eigenvalue weighted by Gasteiger charge is 2.12. The molecule has 0 atom stereocenters. The van der Waals surface area contributed by atoms with Crippen LogP contribution in [-0.4, -0.2) is 11.5 Å². The number of fused-ring (bicyclic) bond motifs is 2. The van der Waals surface area contributed by atoms with E-state index in [2.05, 4.69) is 51.6 Å². The third-order valence-electron chi connectivity index (χ3n) is 3.42. The summed E-state index contributed by atoms with van der Waals surface area (Å²) in [5.41, 5.74) is 4.94. The second-order valence-corrected chi connectivity index (χ2v) is 6.63. The number of thiazole rings is 1. The van der Waals surface area contributed by atoms with Crippen LogP contribution in [0.4, 0.5) is 5.69 Å². The fourth-order valence-electron chi connectivity index (χ4n) is 2.45. The molecule has 1 aliphatic heterocycles. The van der Waals surface area contributed by atoms with E-state index in [1.54, 1.807) is 11.3 Å². The van der Waals surface area contributed by atoms with Gasteiger partial charge in [0.15, 0.2) is 0 Å². The first kappa shape index (κ1) is 11.4. The number of halogens is 1. The lowest BCUT2D eigenvalue weighted by Crippen LogP contribution is -1.90. The zero-order chi connectivity index (χ0) is 12.8. The summed E-state index contributed by atoms with van der Waals surface area (Å²) in [5, 5.41) is 4.51. The van der Waals surface area contributed by atoms with Gasteiger partial charge in [-0.05, 0) is 36.2 Å². The van der Waals surface area contributed by atoms with E-state index in [1.807, 2.05) is 6.07 Å². The Labute approximate surface area is 123 Å². The Hall–Kier alpha value is -1.39. The fourth-order valence-corrected chi connectivity index (χ4v) is 3.96. The lowest BCUT2D eigenvalue weighted by molar-refractivity contribution is 1.11. The van der Waals surface area contributed by atoms with Crippen molar-refractivity contribution in [1.82, 2.24) is 4.98 Å². The molecule has 94 valence electrons. The van der Waals surface area contributed by atoms with E-state index in [0.717, 1.165) is 28.0 Å². The first-order valence-corrected chi connectivity index (χ1v) is 7.84. The lowest BCUT2D eigenvalue weighted by atomic mass is 10.1. The minimum absolute atomic E-state index is 1.05. The van der Waals surface area contributed by atoms with Crippen molar-refractivity contribution in [2.45, 2.75) is 6.42 Å². The van der Waals surface area contributed by atoms with E-state index in [4.69, 9.17) is 4.98 Å². The van der Waals surface area contributed by atoms with E-state index in [-0.39, 0.29) is 0 Å². The Morgan fingerprint density at radius 2 is 2.11 bits per heavy atom. The van der Waals surface area contributed by atoms with E-state index in [1.165, 1.54) is 21.5 Å². The molecule has 0 radical (unpaired) electrons. The monoisotopic (exact) mass is 330 g/mol. The van der Waals surface area contributed by atoms with Gasteiger partial charge in [-0.15, -0.1) is 11.3 Å². The van der Waals surface area contributed by atoms with Gasteiger partial charge in [-0.1, -0.05) is 28.1 Å². The van der Waals surface area contributed by atoms with Crippen LogP contribution in [0, 0.1) is 0 Å². The SMILES string of the molecule is Brc1ccc2nc(-c3ccc4c(c3)NCC4)sc2c1. The first-order chi connectivity index (χ1) is 9.29. The molecular weight excluding hydrogens is 320 g/mol. The molecule has 0 bridgehead atoms. The molecule has 0 aliphatic carbocycles. The van der Waals surface area contributed by atoms with Crippen molar-refractivity contribution in [1.29, 1.82) is 0 Å². The van der Waals surface area contributed by atoms with E-state index < -0.39 is 0 Å². The average Bonchev–Trinajstić information content (AvgIpc) is 3.02. The largest absolute Gasteiger partial charge is 0.384 e. The highest BCUT2D eigenvalue weighted by Crippen LogP contribution is 2.34. The molecule has 0 saturated heterocycles. The van der Waals surface area contributed by atoms with Crippen LogP contribution in [-0.2, 0) is 6.42 Å². The van der Waals surface area contributed by atoms with E-state index >= 15 is 0 Å². The number of aromatic nitrogens is 1. The Balaban J connectivity index is 1.85. The molecule has 0 saturated carbocycles. The highest BCUT2D eigenvalue weighted by molar-refractivity contribution is 9.10. The maximum atomic E-state index is 4.72. The fraction of sp³-hybridized carbons (Fsp3) is 0.133. The van der Waals surface area contributed by atoms with Crippen LogP contribution in [0.2, 0.25) is 0 Å². The highest BCUT2D eigenvalue weighted by atomic mass is 79.9. The molecule has 2 aromatic carbocycles. The van der Waals surface area contributed by atoms with Crippen LogP contribution < -0.4 is 5.32 Å². The molecule has 2 nitrogen and oxygen atoms in total. The average molecular weight is 331 g/mol. The second kappa shape index (κ2) is 4.32. The number of benzene rings is 2. The first-order valence-electron chi connectivity index (χ1n) is 6.23. The van der Waals surface area contributed by atoms with Crippen molar-refractivity contribution in [3.63, 3.8) is 0 Å². The van der Waals surface area contributed by atoms with E-state index in [0.29, 0.717) is 0 Å². The quantitative estimate of drug-likeness (QED) is 0.699. The molecule has 4 heteroatoms. The summed E-state index contributed by atoms with van der Waals surface area (Å²) in [4.78, 5) is 4.72. The van der Waals surface area contributed by atoms with Crippen molar-refractivity contribution >= 4 is 43.2 Å². The molecule has 1 aliphatic rings. The zero-order valence-electron chi connectivity index (χ0n) is 10.1. The van der Waals surface area contributed by atoms with Gasteiger partial charge < -0.3 is 5.32 Å². The molecular formula is C15H11BrN2S.